The molecule has 1 aromatic heterocycles. The maximum absolute atomic E-state index is 11.8. The number of amides is 1. The van der Waals surface area contributed by atoms with Gasteiger partial charge in [-0.05, 0) is 24.1 Å². The minimum atomic E-state index is -0.676. The van der Waals surface area contributed by atoms with E-state index in [4.69, 9.17) is 5.73 Å². The van der Waals surface area contributed by atoms with Gasteiger partial charge in [-0.25, -0.2) is 9.97 Å². The van der Waals surface area contributed by atoms with Gasteiger partial charge in [0.25, 0.3) is 0 Å². The van der Waals surface area contributed by atoms with E-state index in [1.807, 2.05) is 0 Å². The van der Waals surface area contributed by atoms with E-state index in [2.05, 4.69) is 15.3 Å². The fraction of sp³-hybridized carbons (Fsp3) is 0.154. The van der Waals surface area contributed by atoms with E-state index in [-0.39, 0.29) is 11.7 Å². The van der Waals surface area contributed by atoms with Crippen molar-refractivity contribution in [3.63, 3.8) is 0 Å². The molecular weight excluding hydrogens is 244 g/mol. The number of aromatic nitrogens is 2. The fourth-order valence-electron chi connectivity index (χ4n) is 1.58. The number of hydrogen-bond acceptors (Lipinski definition) is 5. The van der Waals surface area contributed by atoms with Gasteiger partial charge in [-0.3, -0.25) is 4.79 Å². The summed E-state index contributed by atoms with van der Waals surface area (Å²) < 4.78 is 0. The summed E-state index contributed by atoms with van der Waals surface area (Å²) >= 11 is 0. The van der Waals surface area contributed by atoms with Gasteiger partial charge in [0, 0.05) is 0 Å². The number of nitrogens with one attached hydrogen (secondary N) is 1. The second-order valence-electron chi connectivity index (χ2n) is 4.09. The first-order valence-corrected chi connectivity index (χ1v) is 5.74. The molecule has 1 atom stereocenters. The molecule has 4 N–H and O–H groups in total. The van der Waals surface area contributed by atoms with Gasteiger partial charge in [-0.15, -0.1) is 0 Å². The smallest absolute Gasteiger partial charge is 0.241 e. The Hall–Kier alpha value is -2.47. The molecule has 19 heavy (non-hydrogen) atoms. The quantitative estimate of drug-likeness (QED) is 0.749. The largest absolute Gasteiger partial charge is 0.508 e. The van der Waals surface area contributed by atoms with Crippen LogP contribution in [0.25, 0.3) is 0 Å². The Morgan fingerprint density at radius 2 is 1.89 bits per heavy atom. The number of nitrogens with zero attached hydrogens (tertiary/aromatic N) is 2. The normalized spacial score (nSPS) is 11.8. The van der Waals surface area contributed by atoms with Crippen LogP contribution in [0.15, 0.2) is 43.0 Å². The van der Waals surface area contributed by atoms with Gasteiger partial charge in [0.15, 0.2) is 0 Å². The van der Waals surface area contributed by atoms with Crippen LogP contribution in [0, 0.1) is 0 Å². The van der Waals surface area contributed by atoms with E-state index in [9.17, 15) is 9.90 Å². The van der Waals surface area contributed by atoms with E-state index in [0.717, 1.165) is 5.56 Å². The molecule has 2 aromatic rings. The zero-order valence-corrected chi connectivity index (χ0v) is 10.2. The molecular formula is C13H14N4O2. The molecule has 0 aliphatic rings. The van der Waals surface area contributed by atoms with Gasteiger partial charge in [-0.1, -0.05) is 12.1 Å². The van der Waals surface area contributed by atoms with Crippen LogP contribution in [0.2, 0.25) is 0 Å². The molecule has 1 heterocycles. The van der Waals surface area contributed by atoms with Crippen LogP contribution in [-0.2, 0) is 11.2 Å². The summed E-state index contributed by atoms with van der Waals surface area (Å²) in [6.45, 7) is 0. The Morgan fingerprint density at radius 1 is 1.26 bits per heavy atom. The molecule has 1 aromatic carbocycles. The lowest BCUT2D eigenvalue weighted by molar-refractivity contribution is -0.117. The van der Waals surface area contributed by atoms with Crippen molar-refractivity contribution in [2.45, 2.75) is 12.5 Å². The Morgan fingerprint density at radius 3 is 2.53 bits per heavy atom. The topological polar surface area (TPSA) is 101 Å². The Balaban J connectivity index is 1.94. The number of nitrogens with two attached hydrogens (primary N) is 1. The van der Waals surface area contributed by atoms with Crippen molar-refractivity contribution in [1.29, 1.82) is 0 Å². The molecule has 6 nitrogen and oxygen atoms in total. The van der Waals surface area contributed by atoms with Crippen LogP contribution in [0.4, 0.5) is 5.69 Å². The number of rotatable bonds is 4. The zero-order chi connectivity index (χ0) is 13.7. The average molecular weight is 258 g/mol. The van der Waals surface area contributed by atoms with Gasteiger partial charge in [-0.2, -0.15) is 0 Å². The van der Waals surface area contributed by atoms with Crippen LogP contribution in [-0.4, -0.2) is 27.0 Å². The number of anilines is 1. The van der Waals surface area contributed by atoms with Crippen LogP contribution in [0.3, 0.4) is 0 Å². The van der Waals surface area contributed by atoms with Gasteiger partial charge in [0.1, 0.15) is 12.1 Å². The van der Waals surface area contributed by atoms with E-state index in [0.29, 0.717) is 12.1 Å². The molecule has 0 aliphatic heterocycles. The predicted octanol–water partition coefficient (Wildman–Crippen LogP) is 0.691. The molecule has 0 bridgehead atoms. The highest BCUT2D eigenvalue weighted by atomic mass is 16.3. The number of phenols is 1. The molecule has 0 saturated carbocycles. The summed E-state index contributed by atoms with van der Waals surface area (Å²) in [6, 6.07) is 5.91. The minimum absolute atomic E-state index is 0.184. The summed E-state index contributed by atoms with van der Waals surface area (Å²) in [4.78, 5) is 19.4. The Labute approximate surface area is 110 Å². The van der Waals surface area contributed by atoms with E-state index >= 15 is 0 Å². The van der Waals surface area contributed by atoms with Crippen molar-refractivity contribution < 1.29 is 9.90 Å². The number of benzene rings is 1. The van der Waals surface area contributed by atoms with Crippen molar-refractivity contribution in [2.24, 2.45) is 5.73 Å². The number of carbonyl (C=O) groups excluding carboxylic acids is 1. The zero-order valence-electron chi connectivity index (χ0n) is 10.2. The lowest BCUT2D eigenvalue weighted by Gasteiger charge is -2.11. The molecule has 2 rings (SSSR count). The highest BCUT2D eigenvalue weighted by Gasteiger charge is 2.14. The van der Waals surface area contributed by atoms with Crippen LogP contribution < -0.4 is 11.1 Å². The van der Waals surface area contributed by atoms with Gasteiger partial charge in [0.2, 0.25) is 5.91 Å². The first kappa shape index (κ1) is 13.0. The van der Waals surface area contributed by atoms with Crippen molar-refractivity contribution >= 4 is 11.6 Å². The molecule has 0 spiro atoms. The molecule has 1 unspecified atom stereocenters. The van der Waals surface area contributed by atoms with Crippen molar-refractivity contribution in [1.82, 2.24) is 9.97 Å². The Bertz CT molecular complexity index is 542. The van der Waals surface area contributed by atoms with Crippen molar-refractivity contribution in [2.75, 3.05) is 5.32 Å². The lowest BCUT2D eigenvalue weighted by Crippen LogP contribution is -2.37. The second kappa shape index (κ2) is 5.92. The number of carbonyl (C=O) groups is 1. The van der Waals surface area contributed by atoms with Gasteiger partial charge >= 0.3 is 0 Å². The first-order valence-electron chi connectivity index (χ1n) is 5.74. The van der Waals surface area contributed by atoms with E-state index < -0.39 is 6.04 Å². The summed E-state index contributed by atoms with van der Waals surface area (Å²) in [5.74, 6) is -0.119. The summed E-state index contributed by atoms with van der Waals surface area (Å²) in [5.41, 5.74) is 7.21. The monoisotopic (exact) mass is 258 g/mol. The summed E-state index contributed by atoms with van der Waals surface area (Å²) in [5, 5.41) is 11.8. The molecule has 98 valence electrons. The maximum Gasteiger partial charge on any atom is 0.241 e. The third-order valence-electron chi connectivity index (χ3n) is 2.56. The number of aromatic hydroxyl groups is 1. The van der Waals surface area contributed by atoms with Crippen molar-refractivity contribution in [3.8, 4) is 5.75 Å². The summed E-state index contributed by atoms with van der Waals surface area (Å²) in [7, 11) is 0. The van der Waals surface area contributed by atoms with Crippen LogP contribution in [0.1, 0.15) is 5.56 Å². The minimum Gasteiger partial charge on any atom is -0.508 e. The fourth-order valence-corrected chi connectivity index (χ4v) is 1.58. The first-order chi connectivity index (χ1) is 9.15. The van der Waals surface area contributed by atoms with E-state index in [1.54, 1.807) is 24.3 Å². The number of phenolic OH excluding ortho intramolecular Hbond substituents is 1. The summed E-state index contributed by atoms with van der Waals surface area (Å²) in [6.07, 6.45) is 4.77. The third kappa shape index (κ3) is 3.75. The van der Waals surface area contributed by atoms with Gasteiger partial charge in [0.05, 0.1) is 24.1 Å². The second-order valence-corrected chi connectivity index (χ2v) is 4.09. The van der Waals surface area contributed by atoms with Crippen LogP contribution in [0.5, 0.6) is 5.75 Å². The molecule has 1 amide bonds. The third-order valence-corrected chi connectivity index (χ3v) is 2.56. The maximum atomic E-state index is 11.8. The van der Waals surface area contributed by atoms with E-state index in [1.165, 1.54) is 18.7 Å². The average Bonchev–Trinajstić information content (AvgIpc) is 2.42. The number of hydrogen-bond donors (Lipinski definition) is 3. The standard InChI is InChI=1S/C13H14N4O2/c14-12(5-9-1-3-11(18)4-2-9)13(19)17-10-6-15-8-16-7-10/h1-4,6-8,12,18H,5,14H2,(H,17,19). The molecule has 0 radical (unpaired) electrons. The van der Waals surface area contributed by atoms with Crippen molar-refractivity contribution in [3.05, 3.63) is 48.5 Å². The highest BCUT2D eigenvalue weighted by molar-refractivity contribution is 5.94. The lowest BCUT2D eigenvalue weighted by atomic mass is 10.1. The molecule has 0 fully saturated rings. The predicted molar refractivity (Wildman–Crippen MR) is 70.4 cm³/mol. The molecule has 0 aliphatic carbocycles. The Kier molecular flexibility index (Phi) is 4.04. The molecule has 0 saturated heterocycles. The van der Waals surface area contributed by atoms with Crippen LogP contribution >= 0.6 is 0 Å². The van der Waals surface area contributed by atoms with Gasteiger partial charge < -0.3 is 16.2 Å². The SMILES string of the molecule is NC(Cc1ccc(O)cc1)C(=O)Nc1cncnc1. The highest BCUT2D eigenvalue weighted by Crippen LogP contribution is 2.11. The molecule has 6 heteroatoms.